The van der Waals surface area contributed by atoms with Gasteiger partial charge in [0, 0.05) is 38.6 Å². The Kier molecular flexibility index (Phi) is 4.38. The normalized spacial score (nSPS) is 15.7. The molecular weight excluding hydrogens is 318 g/mol. The minimum Gasteiger partial charge on any atom is -0.366 e. The third-order valence-corrected chi connectivity index (χ3v) is 4.35. The number of carbonyl (C=O) groups is 1. The van der Waals surface area contributed by atoms with Crippen LogP contribution >= 0.6 is 11.6 Å². The smallest absolute Gasteiger partial charge is 0.279 e. The highest BCUT2D eigenvalue weighted by molar-refractivity contribution is 6.32. The Morgan fingerprint density at radius 3 is 2.78 bits per heavy atom. The van der Waals surface area contributed by atoms with Gasteiger partial charge in [-0.2, -0.15) is 0 Å². The molecule has 1 fully saturated rings. The molecule has 2 aromatic heterocycles. The molecule has 0 saturated carbocycles. The molecule has 1 aliphatic heterocycles. The zero-order valence-corrected chi connectivity index (χ0v) is 13.5. The van der Waals surface area contributed by atoms with Crippen molar-refractivity contribution in [3.63, 3.8) is 0 Å². The number of nitrogens with one attached hydrogen (secondary N) is 2. The summed E-state index contributed by atoms with van der Waals surface area (Å²) in [5.74, 6) is 0.444. The first-order valence-corrected chi connectivity index (χ1v) is 7.85. The fourth-order valence-electron chi connectivity index (χ4n) is 2.70. The number of amides is 1. The number of aryl methyl sites for hydroxylation is 1. The molecule has 0 bridgehead atoms. The van der Waals surface area contributed by atoms with Crippen molar-refractivity contribution in [2.24, 2.45) is 7.05 Å². The Labute approximate surface area is 138 Å². The SMILES string of the molecule is Cn1[nH]cc(C(=O)N2CCC(Nc3ncccc3Cl)CC2)c1=O. The summed E-state index contributed by atoms with van der Waals surface area (Å²) in [6.07, 6.45) is 4.71. The molecule has 2 aromatic rings. The van der Waals surface area contributed by atoms with Crippen LogP contribution in [0, 0.1) is 0 Å². The Bertz CT molecular complexity index is 761. The predicted octanol–water partition coefficient (Wildman–Crippen LogP) is 1.48. The summed E-state index contributed by atoms with van der Waals surface area (Å²) in [7, 11) is 1.59. The van der Waals surface area contributed by atoms with E-state index in [9.17, 15) is 9.59 Å². The van der Waals surface area contributed by atoms with Crippen molar-refractivity contribution >= 4 is 23.3 Å². The molecule has 0 unspecified atom stereocenters. The first-order chi connectivity index (χ1) is 11.1. The van der Waals surface area contributed by atoms with E-state index in [0.717, 1.165) is 12.8 Å². The maximum atomic E-state index is 12.4. The summed E-state index contributed by atoms with van der Waals surface area (Å²) < 4.78 is 1.30. The number of rotatable bonds is 3. The molecule has 0 radical (unpaired) electrons. The van der Waals surface area contributed by atoms with Gasteiger partial charge in [-0.25, -0.2) is 4.98 Å². The average Bonchev–Trinajstić information content (AvgIpc) is 2.89. The van der Waals surface area contributed by atoms with Gasteiger partial charge in [-0.15, -0.1) is 0 Å². The zero-order chi connectivity index (χ0) is 16.4. The lowest BCUT2D eigenvalue weighted by Gasteiger charge is -2.32. The van der Waals surface area contributed by atoms with Gasteiger partial charge in [0.25, 0.3) is 11.5 Å². The molecule has 3 rings (SSSR count). The van der Waals surface area contributed by atoms with E-state index in [4.69, 9.17) is 11.6 Å². The number of halogens is 1. The molecule has 23 heavy (non-hydrogen) atoms. The molecule has 7 nitrogen and oxygen atoms in total. The van der Waals surface area contributed by atoms with Gasteiger partial charge in [0.05, 0.1) is 5.02 Å². The maximum Gasteiger partial charge on any atom is 0.279 e. The average molecular weight is 336 g/mol. The summed E-state index contributed by atoms with van der Waals surface area (Å²) in [5, 5.41) is 6.62. The minimum atomic E-state index is -0.296. The van der Waals surface area contributed by atoms with E-state index in [1.807, 2.05) is 0 Å². The molecule has 3 heterocycles. The fraction of sp³-hybridized carbons (Fsp3) is 0.400. The quantitative estimate of drug-likeness (QED) is 0.890. The van der Waals surface area contributed by atoms with Gasteiger partial charge >= 0.3 is 0 Å². The van der Waals surface area contributed by atoms with E-state index in [-0.39, 0.29) is 23.1 Å². The summed E-state index contributed by atoms with van der Waals surface area (Å²) in [6.45, 7) is 1.19. The van der Waals surface area contributed by atoms with E-state index < -0.39 is 0 Å². The van der Waals surface area contributed by atoms with Crippen LogP contribution in [0.4, 0.5) is 5.82 Å². The molecule has 2 N–H and O–H groups in total. The van der Waals surface area contributed by atoms with Crippen LogP contribution < -0.4 is 10.9 Å². The van der Waals surface area contributed by atoms with Gasteiger partial charge in [-0.1, -0.05) is 11.6 Å². The van der Waals surface area contributed by atoms with E-state index in [0.29, 0.717) is 23.9 Å². The zero-order valence-electron chi connectivity index (χ0n) is 12.8. The van der Waals surface area contributed by atoms with Crippen LogP contribution in [0.25, 0.3) is 0 Å². The van der Waals surface area contributed by atoms with Gasteiger partial charge in [0.2, 0.25) is 0 Å². The van der Waals surface area contributed by atoms with Crippen molar-refractivity contribution in [1.29, 1.82) is 0 Å². The molecule has 122 valence electrons. The van der Waals surface area contributed by atoms with Crippen molar-refractivity contribution in [2.75, 3.05) is 18.4 Å². The molecule has 0 aliphatic carbocycles. The van der Waals surface area contributed by atoms with E-state index in [1.165, 1.54) is 10.9 Å². The van der Waals surface area contributed by atoms with Crippen LogP contribution in [0.3, 0.4) is 0 Å². The molecular formula is C15H18ClN5O2. The molecule has 0 spiro atoms. The Balaban J connectivity index is 1.60. The number of hydrogen-bond acceptors (Lipinski definition) is 4. The number of H-pyrrole nitrogens is 1. The monoisotopic (exact) mass is 335 g/mol. The van der Waals surface area contributed by atoms with Gasteiger partial charge in [0.1, 0.15) is 11.4 Å². The lowest BCUT2D eigenvalue weighted by molar-refractivity contribution is 0.0717. The van der Waals surface area contributed by atoms with Crippen LogP contribution in [0.15, 0.2) is 29.3 Å². The molecule has 1 saturated heterocycles. The Morgan fingerprint density at radius 1 is 1.43 bits per heavy atom. The molecule has 0 atom stereocenters. The van der Waals surface area contributed by atoms with Gasteiger partial charge in [-0.05, 0) is 25.0 Å². The number of pyridine rings is 1. The fourth-order valence-corrected chi connectivity index (χ4v) is 2.87. The second kappa shape index (κ2) is 6.45. The predicted molar refractivity (Wildman–Crippen MR) is 87.8 cm³/mol. The van der Waals surface area contributed by atoms with Crippen molar-refractivity contribution in [3.8, 4) is 0 Å². The second-order valence-electron chi connectivity index (χ2n) is 5.60. The lowest BCUT2D eigenvalue weighted by Crippen LogP contribution is -2.43. The summed E-state index contributed by atoms with van der Waals surface area (Å²) in [4.78, 5) is 30.2. The van der Waals surface area contributed by atoms with Crippen LogP contribution in [-0.2, 0) is 7.05 Å². The number of piperidine rings is 1. The molecule has 1 aliphatic rings. The van der Waals surface area contributed by atoms with Crippen LogP contribution in [0.2, 0.25) is 5.02 Å². The van der Waals surface area contributed by atoms with Gasteiger partial charge < -0.3 is 15.3 Å². The molecule has 0 aromatic carbocycles. The first kappa shape index (κ1) is 15.6. The van der Waals surface area contributed by atoms with Crippen LogP contribution in [0.1, 0.15) is 23.2 Å². The number of anilines is 1. The maximum absolute atomic E-state index is 12.4. The van der Waals surface area contributed by atoms with Crippen molar-refractivity contribution < 1.29 is 4.79 Å². The second-order valence-corrected chi connectivity index (χ2v) is 6.00. The third-order valence-electron chi connectivity index (χ3n) is 4.05. The van der Waals surface area contributed by atoms with E-state index in [1.54, 1.807) is 30.3 Å². The van der Waals surface area contributed by atoms with Crippen molar-refractivity contribution in [3.05, 3.63) is 45.5 Å². The standard InChI is InChI=1S/C15H18ClN5O2/c1-20-14(22)11(9-18-20)15(23)21-7-4-10(5-8-21)19-13-12(16)3-2-6-17-13/h2-3,6,9-10,18H,4-5,7-8H2,1H3,(H,17,19). The number of nitrogens with zero attached hydrogens (tertiary/aromatic N) is 3. The van der Waals surface area contributed by atoms with E-state index >= 15 is 0 Å². The first-order valence-electron chi connectivity index (χ1n) is 7.47. The van der Waals surface area contributed by atoms with Gasteiger partial charge in [0.15, 0.2) is 0 Å². The number of likely N-dealkylation sites (tertiary alicyclic amines) is 1. The number of aromatic amines is 1. The summed E-state index contributed by atoms with van der Waals surface area (Å²) >= 11 is 6.09. The Morgan fingerprint density at radius 2 is 2.17 bits per heavy atom. The third kappa shape index (κ3) is 3.24. The van der Waals surface area contributed by atoms with Crippen molar-refractivity contribution in [1.82, 2.24) is 19.7 Å². The number of carbonyl (C=O) groups excluding carboxylic acids is 1. The molecule has 1 amide bonds. The highest BCUT2D eigenvalue weighted by atomic mass is 35.5. The van der Waals surface area contributed by atoms with Crippen LogP contribution in [0.5, 0.6) is 0 Å². The largest absolute Gasteiger partial charge is 0.366 e. The summed E-state index contributed by atoms with van der Waals surface area (Å²) in [6, 6.07) is 3.78. The topological polar surface area (TPSA) is 83.0 Å². The highest BCUT2D eigenvalue weighted by Gasteiger charge is 2.26. The number of hydrogen-bond donors (Lipinski definition) is 2. The minimum absolute atomic E-state index is 0.187. The molecule has 8 heteroatoms. The number of aromatic nitrogens is 3. The highest BCUT2D eigenvalue weighted by Crippen LogP contribution is 2.22. The Hall–Kier alpha value is -2.28. The lowest BCUT2D eigenvalue weighted by atomic mass is 10.0. The van der Waals surface area contributed by atoms with Crippen LogP contribution in [-0.4, -0.2) is 44.7 Å². The van der Waals surface area contributed by atoms with E-state index in [2.05, 4.69) is 15.4 Å². The summed E-state index contributed by atoms with van der Waals surface area (Å²) in [5.41, 5.74) is -0.109. The van der Waals surface area contributed by atoms with Crippen molar-refractivity contribution in [2.45, 2.75) is 18.9 Å². The van der Waals surface area contributed by atoms with Gasteiger partial charge in [-0.3, -0.25) is 14.3 Å².